The van der Waals surface area contributed by atoms with Crippen LogP contribution in [0.5, 0.6) is 0 Å². The first-order valence-electron chi connectivity index (χ1n) is 3.27. The van der Waals surface area contributed by atoms with Crippen molar-refractivity contribution in [3.8, 4) is 0 Å². The molecule has 0 saturated carbocycles. The Balaban J connectivity index is 6.37. The van der Waals surface area contributed by atoms with Crippen LogP contribution in [0.2, 0.25) is 0 Å². The molecule has 104 valence electrons. The average molecular weight is 610 g/mol. The fraction of sp³-hybridized carbons (Fsp3) is 0. The molecule has 0 aliphatic heterocycles. The normalized spacial score (nSPS) is 16.2. The molecule has 0 bridgehead atoms. The van der Waals surface area contributed by atoms with Crippen LogP contribution in [0.25, 0.3) is 0 Å². The zero-order valence-electron chi connectivity index (χ0n) is 7.04. The summed E-state index contributed by atoms with van der Waals surface area (Å²) in [4.78, 5) is 0. The second-order valence-corrected chi connectivity index (χ2v) is 111. The van der Waals surface area contributed by atoms with E-state index >= 15 is 0 Å². The van der Waals surface area contributed by atoms with E-state index in [4.69, 9.17) is 133 Å². The van der Waals surface area contributed by atoms with Crippen molar-refractivity contribution in [1.82, 2.24) is 0 Å². The van der Waals surface area contributed by atoms with Crippen molar-refractivity contribution in [3.05, 3.63) is 0 Å². The molecular formula is Cl12GeSi4. The van der Waals surface area contributed by atoms with E-state index in [2.05, 4.69) is 0 Å². The van der Waals surface area contributed by atoms with Gasteiger partial charge in [-0.15, -0.1) is 0 Å². The molecule has 17 heavy (non-hydrogen) atoms. The Kier molecular flexibility index (Phi) is 8.74. The molecule has 0 unspecified atom stereocenters. The molecule has 0 aromatic carbocycles. The Hall–Kier alpha value is 4.89. The molecule has 0 heterocycles. The molecule has 0 saturated heterocycles. The summed E-state index contributed by atoms with van der Waals surface area (Å²) >= 11 is 72.1. The molecule has 0 atom stereocenters. The SMILES string of the molecule is Cl[Si](Cl)(Cl)[Ge]([Si](Cl)(Cl)Cl)([Si](Cl)(Cl)Cl)[Si](Cl)(Cl)Cl. The summed E-state index contributed by atoms with van der Waals surface area (Å²) in [6.07, 6.45) is 0. The van der Waals surface area contributed by atoms with Gasteiger partial charge in [0.1, 0.15) is 0 Å². The second-order valence-electron chi connectivity index (χ2n) is 2.74. The third kappa shape index (κ3) is 4.46. The zero-order valence-corrected chi connectivity index (χ0v) is 22.2. The van der Waals surface area contributed by atoms with Gasteiger partial charge in [-0.05, 0) is 0 Å². The maximum absolute atomic E-state index is 6.01. The van der Waals surface area contributed by atoms with E-state index in [1.165, 1.54) is 0 Å². The van der Waals surface area contributed by atoms with Crippen LogP contribution in [0.1, 0.15) is 0 Å². The van der Waals surface area contributed by atoms with Gasteiger partial charge in [0.25, 0.3) is 0 Å². The second kappa shape index (κ2) is 6.79. The molecule has 0 aromatic rings. The maximum atomic E-state index is 6.01. The molecule has 0 radical (unpaired) electrons. The Morgan fingerprint density at radius 3 is 0.471 bits per heavy atom. The van der Waals surface area contributed by atoms with Gasteiger partial charge in [-0.2, -0.15) is 0 Å². The average Bonchev–Trinajstić information content (AvgIpc) is 1.67. The fourth-order valence-electron chi connectivity index (χ4n) is 0.964. The third-order valence-electron chi connectivity index (χ3n) is 1.70. The summed E-state index contributed by atoms with van der Waals surface area (Å²) in [6, 6.07) is 0. The Bertz CT molecular complexity index is 211. The summed E-state index contributed by atoms with van der Waals surface area (Å²) in [5.41, 5.74) is 0. The third-order valence-corrected chi connectivity index (χ3v) is 239. The predicted molar refractivity (Wildman–Crippen MR) is 99.0 cm³/mol. The van der Waals surface area contributed by atoms with Gasteiger partial charge in [0.05, 0.1) is 0 Å². The molecule has 0 fully saturated rings. The Morgan fingerprint density at radius 1 is 0.353 bits per heavy atom. The molecule has 0 nitrogen and oxygen atoms in total. The Morgan fingerprint density at radius 2 is 0.471 bits per heavy atom. The van der Waals surface area contributed by atoms with Crippen molar-refractivity contribution < 1.29 is 0 Å². The molecule has 0 aliphatic carbocycles. The van der Waals surface area contributed by atoms with Gasteiger partial charge < -0.3 is 0 Å². The molecule has 0 N–H and O–H groups in total. The van der Waals surface area contributed by atoms with Crippen LogP contribution in [0.15, 0.2) is 0 Å². The number of hydrogen-bond acceptors (Lipinski definition) is 0. The van der Waals surface area contributed by atoms with E-state index < -0.39 is 28.8 Å². The van der Waals surface area contributed by atoms with Crippen molar-refractivity contribution in [2.24, 2.45) is 0 Å². The predicted octanol–water partition coefficient (Wildman–Crippen LogP) is 6.37. The van der Waals surface area contributed by atoms with Gasteiger partial charge in [0, 0.05) is 0 Å². The van der Waals surface area contributed by atoms with Gasteiger partial charge in [0.2, 0.25) is 0 Å². The van der Waals surface area contributed by atoms with E-state index in [0.29, 0.717) is 0 Å². The van der Waals surface area contributed by atoms with Crippen molar-refractivity contribution >= 4 is 162 Å². The first-order valence-corrected chi connectivity index (χ1v) is 36.0. The number of halogens is 12. The summed E-state index contributed by atoms with van der Waals surface area (Å²) in [7, 11) is -4.51. The molecular weight excluding hydrogens is 610 g/mol. The van der Waals surface area contributed by atoms with E-state index in [0.717, 1.165) is 0 Å². The summed E-state index contributed by atoms with van der Waals surface area (Å²) < 4.78 is -15.0. The first-order chi connectivity index (χ1) is 7.00. The number of rotatable bonds is 4. The molecule has 0 aliphatic rings. The van der Waals surface area contributed by atoms with Crippen molar-refractivity contribution in [2.75, 3.05) is 0 Å². The molecule has 17 heteroatoms. The van der Waals surface area contributed by atoms with E-state index in [9.17, 15) is 0 Å². The Labute approximate surface area is 159 Å². The standard InChI is InChI=1S/Cl12GeSi4/c1-14(2,3)13(15(4,5)6,16(7,8)9)17(10,11)12. The molecule has 0 spiro atoms. The quantitative estimate of drug-likeness (QED) is 0.257. The summed E-state index contributed by atoms with van der Waals surface area (Å²) in [5, 5.41) is 0. The van der Waals surface area contributed by atoms with Crippen molar-refractivity contribution in [2.45, 2.75) is 0 Å². The molecule has 0 rings (SSSR count). The van der Waals surface area contributed by atoms with Crippen LogP contribution in [0.4, 0.5) is 0 Å². The van der Waals surface area contributed by atoms with Crippen molar-refractivity contribution in [3.63, 3.8) is 0 Å². The minimum absolute atomic E-state index is 3.74. The first kappa shape index (κ1) is 21.9. The monoisotopic (exact) mass is 605 g/mol. The molecule has 0 amide bonds. The van der Waals surface area contributed by atoms with Gasteiger partial charge in [-0.1, -0.05) is 0 Å². The van der Waals surface area contributed by atoms with Crippen LogP contribution in [-0.2, 0) is 0 Å². The van der Waals surface area contributed by atoms with Crippen LogP contribution in [0.3, 0.4) is 0 Å². The molecule has 0 aromatic heterocycles. The number of hydrogen-bond donors (Lipinski definition) is 0. The van der Waals surface area contributed by atoms with Crippen LogP contribution < -0.4 is 0 Å². The zero-order chi connectivity index (χ0) is 14.5. The van der Waals surface area contributed by atoms with Gasteiger partial charge in [-0.25, -0.2) is 0 Å². The topological polar surface area (TPSA) is 0 Å². The van der Waals surface area contributed by atoms with E-state index in [-0.39, 0.29) is 0 Å². The van der Waals surface area contributed by atoms with E-state index in [1.54, 1.807) is 0 Å². The fourth-order valence-corrected chi connectivity index (χ4v) is 406. The van der Waals surface area contributed by atoms with Gasteiger partial charge >= 0.3 is 162 Å². The van der Waals surface area contributed by atoms with E-state index in [1.807, 2.05) is 0 Å². The van der Waals surface area contributed by atoms with Crippen LogP contribution >= 0.6 is 133 Å². The minimum atomic E-state index is -4.51. The summed E-state index contributed by atoms with van der Waals surface area (Å²) in [5.74, 6) is 0. The summed E-state index contributed by atoms with van der Waals surface area (Å²) in [6.45, 7) is 0. The van der Waals surface area contributed by atoms with Gasteiger partial charge in [0.15, 0.2) is 0 Å². The van der Waals surface area contributed by atoms with Gasteiger partial charge in [-0.3, -0.25) is 0 Å². The van der Waals surface area contributed by atoms with Crippen LogP contribution in [0, 0.1) is 0 Å². The van der Waals surface area contributed by atoms with Crippen LogP contribution in [-0.4, -0.2) is 28.8 Å². The van der Waals surface area contributed by atoms with Crippen molar-refractivity contribution in [1.29, 1.82) is 0 Å².